The first kappa shape index (κ1) is 12.7. The van der Waals surface area contributed by atoms with Gasteiger partial charge in [0, 0.05) is 30.8 Å². The van der Waals surface area contributed by atoms with E-state index >= 15 is 0 Å². The van der Waals surface area contributed by atoms with E-state index in [2.05, 4.69) is 5.10 Å². The van der Waals surface area contributed by atoms with Crippen molar-refractivity contribution in [3.05, 3.63) is 52.9 Å². The van der Waals surface area contributed by atoms with Crippen molar-refractivity contribution in [3.8, 4) is 0 Å². The standard InChI is InChI=1S/C13H14F2N2O/c1-8-12(7-16-17(8)2)13(18)5-9-3-10(14)6-11(15)4-9/h3-4,6-7,13,18H,5H2,1-2H3. The SMILES string of the molecule is Cc1c(C(O)Cc2cc(F)cc(F)c2)cnn1C. The fourth-order valence-electron chi connectivity index (χ4n) is 1.90. The van der Waals surface area contributed by atoms with Gasteiger partial charge in [-0.15, -0.1) is 0 Å². The van der Waals surface area contributed by atoms with Gasteiger partial charge in [0.2, 0.25) is 0 Å². The molecule has 1 aromatic carbocycles. The average molecular weight is 252 g/mol. The maximum absolute atomic E-state index is 13.0. The van der Waals surface area contributed by atoms with Crippen LogP contribution in [0.15, 0.2) is 24.4 Å². The third-order valence-corrected chi connectivity index (χ3v) is 2.98. The van der Waals surface area contributed by atoms with Gasteiger partial charge < -0.3 is 5.11 Å². The highest BCUT2D eigenvalue weighted by molar-refractivity contribution is 5.24. The second-order valence-electron chi connectivity index (χ2n) is 4.31. The van der Waals surface area contributed by atoms with E-state index in [0.717, 1.165) is 11.8 Å². The van der Waals surface area contributed by atoms with E-state index in [-0.39, 0.29) is 6.42 Å². The van der Waals surface area contributed by atoms with Crippen LogP contribution in [0.1, 0.15) is 22.9 Å². The van der Waals surface area contributed by atoms with Crippen molar-refractivity contribution in [2.24, 2.45) is 7.05 Å². The summed E-state index contributed by atoms with van der Waals surface area (Å²) in [7, 11) is 1.77. The van der Waals surface area contributed by atoms with Gasteiger partial charge in [0.25, 0.3) is 0 Å². The molecule has 0 fully saturated rings. The minimum Gasteiger partial charge on any atom is -0.388 e. The van der Waals surface area contributed by atoms with Gasteiger partial charge >= 0.3 is 0 Å². The Bertz CT molecular complexity index is 546. The van der Waals surface area contributed by atoms with Crippen molar-refractivity contribution in [3.63, 3.8) is 0 Å². The Morgan fingerprint density at radius 1 is 1.28 bits per heavy atom. The number of aliphatic hydroxyl groups is 1. The summed E-state index contributed by atoms with van der Waals surface area (Å²) in [5, 5.41) is 14.1. The lowest BCUT2D eigenvalue weighted by atomic mass is 10.0. The molecule has 18 heavy (non-hydrogen) atoms. The molecule has 0 aliphatic carbocycles. The number of hydrogen-bond acceptors (Lipinski definition) is 2. The second-order valence-corrected chi connectivity index (χ2v) is 4.31. The molecule has 1 heterocycles. The minimum absolute atomic E-state index is 0.154. The highest BCUT2D eigenvalue weighted by Crippen LogP contribution is 2.21. The fraction of sp³-hybridized carbons (Fsp3) is 0.308. The molecule has 0 bridgehead atoms. The van der Waals surface area contributed by atoms with Gasteiger partial charge in [-0.3, -0.25) is 4.68 Å². The molecule has 3 nitrogen and oxygen atoms in total. The van der Waals surface area contributed by atoms with Gasteiger partial charge in [-0.05, 0) is 24.6 Å². The van der Waals surface area contributed by atoms with Gasteiger partial charge in [0.15, 0.2) is 0 Å². The number of rotatable bonds is 3. The Morgan fingerprint density at radius 2 is 1.89 bits per heavy atom. The molecule has 1 atom stereocenters. The van der Waals surface area contributed by atoms with E-state index in [1.54, 1.807) is 17.9 Å². The molecule has 0 radical (unpaired) electrons. The van der Waals surface area contributed by atoms with Crippen LogP contribution in [-0.4, -0.2) is 14.9 Å². The molecule has 1 aromatic heterocycles. The Hall–Kier alpha value is -1.75. The summed E-state index contributed by atoms with van der Waals surface area (Å²) in [6.07, 6.45) is 0.900. The number of halogens is 2. The van der Waals surface area contributed by atoms with Crippen molar-refractivity contribution in [1.29, 1.82) is 0 Å². The Balaban J connectivity index is 2.21. The Kier molecular flexibility index (Phi) is 3.43. The quantitative estimate of drug-likeness (QED) is 0.910. The normalized spacial score (nSPS) is 12.7. The summed E-state index contributed by atoms with van der Waals surface area (Å²) >= 11 is 0. The molecule has 0 amide bonds. The highest BCUT2D eigenvalue weighted by Gasteiger charge is 2.15. The first-order valence-corrected chi connectivity index (χ1v) is 5.59. The van der Waals surface area contributed by atoms with Gasteiger partial charge in [0.1, 0.15) is 11.6 Å². The van der Waals surface area contributed by atoms with Crippen LogP contribution in [0, 0.1) is 18.6 Å². The van der Waals surface area contributed by atoms with E-state index < -0.39 is 17.7 Å². The van der Waals surface area contributed by atoms with Crippen LogP contribution in [0.3, 0.4) is 0 Å². The van der Waals surface area contributed by atoms with Crippen molar-refractivity contribution >= 4 is 0 Å². The summed E-state index contributed by atoms with van der Waals surface area (Å²) in [6.45, 7) is 1.83. The van der Waals surface area contributed by atoms with Crippen molar-refractivity contribution in [2.45, 2.75) is 19.4 Å². The first-order valence-electron chi connectivity index (χ1n) is 5.59. The number of aliphatic hydroxyl groups excluding tert-OH is 1. The maximum Gasteiger partial charge on any atom is 0.126 e. The molecule has 0 saturated carbocycles. The first-order chi connectivity index (χ1) is 8.47. The summed E-state index contributed by atoms with van der Waals surface area (Å²) in [6, 6.07) is 3.25. The molecule has 2 aromatic rings. The van der Waals surface area contributed by atoms with Crippen molar-refractivity contribution in [1.82, 2.24) is 9.78 Å². The predicted molar refractivity (Wildman–Crippen MR) is 63.0 cm³/mol. The van der Waals surface area contributed by atoms with Crippen LogP contribution < -0.4 is 0 Å². The lowest BCUT2D eigenvalue weighted by Gasteiger charge is -2.10. The summed E-state index contributed by atoms with van der Waals surface area (Å²) in [5.74, 6) is -1.28. The zero-order valence-electron chi connectivity index (χ0n) is 10.2. The molecule has 0 spiro atoms. The molecule has 0 aliphatic heterocycles. The Morgan fingerprint density at radius 3 is 2.39 bits per heavy atom. The average Bonchev–Trinajstić information content (AvgIpc) is 2.58. The molecule has 5 heteroatoms. The largest absolute Gasteiger partial charge is 0.388 e. The summed E-state index contributed by atoms with van der Waals surface area (Å²) in [4.78, 5) is 0. The lowest BCUT2D eigenvalue weighted by molar-refractivity contribution is 0.177. The predicted octanol–water partition coefficient (Wildman–Crippen LogP) is 2.28. The molecule has 96 valence electrons. The van der Waals surface area contributed by atoms with Gasteiger partial charge in [-0.25, -0.2) is 8.78 Å². The molecule has 2 rings (SSSR count). The van der Waals surface area contributed by atoms with Crippen molar-refractivity contribution in [2.75, 3.05) is 0 Å². The van der Waals surface area contributed by atoms with E-state index in [1.165, 1.54) is 12.1 Å². The molecule has 1 unspecified atom stereocenters. The molecular weight excluding hydrogens is 238 g/mol. The van der Waals surface area contributed by atoms with E-state index in [4.69, 9.17) is 0 Å². The summed E-state index contributed by atoms with van der Waals surface area (Å²) in [5.41, 5.74) is 1.92. The van der Waals surface area contributed by atoms with Crippen LogP contribution >= 0.6 is 0 Å². The smallest absolute Gasteiger partial charge is 0.126 e. The number of nitrogens with zero attached hydrogens (tertiary/aromatic N) is 2. The topological polar surface area (TPSA) is 38.1 Å². The minimum atomic E-state index is -0.820. The molecular formula is C13H14F2N2O. The molecule has 0 saturated heterocycles. The number of benzene rings is 1. The van der Waals surface area contributed by atoms with E-state index in [9.17, 15) is 13.9 Å². The number of aryl methyl sites for hydroxylation is 1. The number of aromatic nitrogens is 2. The van der Waals surface area contributed by atoms with Gasteiger partial charge in [-0.1, -0.05) is 0 Å². The van der Waals surface area contributed by atoms with Crippen LogP contribution in [0.4, 0.5) is 8.78 Å². The third-order valence-electron chi connectivity index (χ3n) is 2.98. The van der Waals surface area contributed by atoms with E-state index in [1.807, 2.05) is 6.92 Å². The van der Waals surface area contributed by atoms with E-state index in [0.29, 0.717) is 11.1 Å². The van der Waals surface area contributed by atoms with Crippen molar-refractivity contribution < 1.29 is 13.9 Å². The van der Waals surface area contributed by atoms with Gasteiger partial charge in [-0.2, -0.15) is 5.10 Å². The fourth-order valence-corrected chi connectivity index (χ4v) is 1.90. The van der Waals surface area contributed by atoms with Gasteiger partial charge in [0.05, 0.1) is 12.3 Å². The molecule has 0 aliphatic rings. The molecule has 1 N–H and O–H groups in total. The number of hydrogen-bond donors (Lipinski definition) is 1. The summed E-state index contributed by atoms with van der Waals surface area (Å²) < 4.78 is 27.7. The Labute approximate surface area is 104 Å². The third kappa shape index (κ3) is 2.56. The van der Waals surface area contributed by atoms with Crippen LogP contribution in [-0.2, 0) is 13.5 Å². The highest BCUT2D eigenvalue weighted by atomic mass is 19.1. The zero-order valence-corrected chi connectivity index (χ0v) is 10.2. The lowest BCUT2D eigenvalue weighted by Crippen LogP contribution is -2.04. The van der Waals surface area contributed by atoms with Crippen LogP contribution in [0.2, 0.25) is 0 Å². The van der Waals surface area contributed by atoms with Crippen LogP contribution in [0.25, 0.3) is 0 Å². The zero-order chi connectivity index (χ0) is 13.3. The monoisotopic (exact) mass is 252 g/mol. The van der Waals surface area contributed by atoms with Crippen LogP contribution in [0.5, 0.6) is 0 Å². The second kappa shape index (κ2) is 4.86. The maximum atomic E-state index is 13.0.